The molecule has 0 aliphatic carbocycles. The third kappa shape index (κ3) is 2.70. The Morgan fingerprint density at radius 3 is 1.88 bits per heavy atom. The molecule has 0 fully saturated rings. The fourth-order valence-electron chi connectivity index (χ4n) is 1.29. The Hall–Kier alpha value is -1.71. The largest absolute Gasteiger partial charge is 0.416 e. The van der Waals surface area contributed by atoms with E-state index in [0.29, 0.717) is 6.07 Å². The molecule has 1 aromatic carbocycles. The first-order chi connectivity index (χ1) is 7.57. The molecule has 0 heterocycles. The molecule has 92 valence electrons. The van der Waals surface area contributed by atoms with Gasteiger partial charge in [0, 0.05) is 0 Å². The molecule has 1 nitrogen and oxygen atoms in total. The molecule has 0 spiro atoms. The molecule has 0 radical (unpaired) electrons. The lowest BCUT2D eigenvalue weighted by Crippen LogP contribution is -2.13. The molecule has 7 heteroatoms. The maximum Gasteiger partial charge on any atom is 0.416 e. The van der Waals surface area contributed by atoms with Crippen LogP contribution in [0.25, 0.3) is 0 Å². The second kappa shape index (κ2) is 3.95. The fourth-order valence-corrected chi connectivity index (χ4v) is 1.29. The second-order valence-corrected chi connectivity index (χ2v) is 3.30. The number of benzene rings is 1. The van der Waals surface area contributed by atoms with Crippen molar-refractivity contribution in [1.29, 1.82) is 5.26 Å². The van der Waals surface area contributed by atoms with Crippen molar-refractivity contribution in [2.45, 2.75) is 19.3 Å². The molecule has 0 saturated carbocycles. The number of hydrogen-bond donors (Lipinski definition) is 0. The van der Waals surface area contributed by atoms with E-state index in [0.717, 1.165) is 6.92 Å². The van der Waals surface area contributed by atoms with Crippen LogP contribution in [0.1, 0.15) is 22.3 Å². The standard InChI is InChI=1S/C10H5F6N/c1-5-6(4-17)2-7(9(11,12)13)3-8(5)10(14,15)16/h2-3H,1H3. The first-order valence-electron chi connectivity index (χ1n) is 4.26. The molecule has 17 heavy (non-hydrogen) atoms. The van der Waals surface area contributed by atoms with E-state index in [-0.39, 0.29) is 6.07 Å². The van der Waals surface area contributed by atoms with Gasteiger partial charge in [-0.15, -0.1) is 0 Å². The molecule has 0 atom stereocenters. The number of nitriles is 1. The van der Waals surface area contributed by atoms with Crippen LogP contribution in [0.15, 0.2) is 12.1 Å². The zero-order chi connectivity index (χ0) is 13.4. The highest BCUT2D eigenvalue weighted by molar-refractivity contribution is 5.47. The van der Waals surface area contributed by atoms with Crippen LogP contribution in [0, 0.1) is 18.3 Å². The molecule has 0 aliphatic rings. The Bertz CT molecular complexity index is 477. The van der Waals surface area contributed by atoms with Crippen LogP contribution in [0.2, 0.25) is 0 Å². The van der Waals surface area contributed by atoms with Gasteiger partial charge in [-0.3, -0.25) is 0 Å². The van der Waals surface area contributed by atoms with Crippen molar-refractivity contribution in [2.24, 2.45) is 0 Å². The molecule has 0 aliphatic heterocycles. The molecule has 0 saturated heterocycles. The van der Waals surface area contributed by atoms with Gasteiger partial charge in [-0.05, 0) is 24.6 Å². The lowest BCUT2D eigenvalue weighted by atomic mass is 9.98. The fraction of sp³-hybridized carbons (Fsp3) is 0.300. The average molecular weight is 253 g/mol. The van der Waals surface area contributed by atoms with Crippen molar-refractivity contribution in [3.63, 3.8) is 0 Å². The average Bonchev–Trinajstić information content (AvgIpc) is 2.14. The van der Waals surface area contributed by atoms with E-state index in [4.69, 9.17) is 5.26 Å². The van der Waals surface area contributed by atoms with Crippen LogP contribution in [0.5, 0.6) is 0 Å². The van der Waals surface area contributed by atoms with Crippen molar-refractivity contribution >= 4 is 0 Å². The van der Waals surface area contributed by atoms with Crippen molar-refractivity contribution in [3.8, 4) is 6.07 Å². The van der Waals surface area contributed by atoms with Gasteiger partial charge in [0.2, 0.25) is 0 Å². The third-order valence-electron chi connectivity index (χ3n) is 2.16. The van der Waals surface area contributed by atoms with Gasteiger partial charge in [-0.2, -0.15) is 31.6 Å². The second-order valence-electron chi connectivity index (χ2n) is 3.30. The van der Waals surface area contributed by atoms with Crippen molar-refractivity contribution < 1.29 is 26.3 Å². The van der Waals surface area contributed by atoms with Gasteiger partial charge in [-0.25, -0.2) is 0 Å². The van der Waals surface area contributed by atoms with E-state index in [9.17, 15) is 26.3 Å². The molecule has 0 amide bonds. The van der Waals surface area contributed by atoms with Gasteiger partial charge >= 0.3 is 12.4 Å². The van der Waals surface area contributed by atoms with Crippen molar-refractivity contribution in [2.75, 3.05) is 0 Å². The summed E-state index contributed by atoms with van der Waals surface area (Å²) in [7, 11) is 0. The molecular weight excluding hydrogens is 248 g/mol. The van der Waals surface area contributed by atoms with Gasteiger partial charge in [0.25, 0.3) is 0 Å². The molecule has 1 aromatic rings. The normalized spacial score (nSPS) is 12.4. The van der Waals surface area contributed by atoms with Crippen LogP contribution in [-0.2, 0) is 12.4 Å². The monoisotopic (exact) mass is 253 g/mol. The summed E-state index contributed by atoms with van der Waals surface area (Å²) in [5.74, 6) is 0. The maximum absolute atomic E-state index is 12.5. The predicted octanol–water partition coefficient (Wildman–Crippen LogP) is 3.90. The van der Waals surface area contributed by atoms with Gasteiger partial charge in [0.05, 0.1) is 22.8 Å². The maximum atomic E-state index is 12.5. The van der Waals surface area contributed by atoms with E-state index in [1.165, 1.54) is 6.07 Å². The van der Waals surface area contributed by atoms with Gasteiger partial charge in [0.1, 0.15) is 0 Å². The van der Waals surface area contributed by atoms with E-state index < -0.39 is 34.6 Å². The first-order valence-corrected chi connectivity index (χ1v) is 4.26. The molecule has 0 bridgehead atoms. The Morgan fingerprint density at radius 1 is 1.00 bits per heavy atom. The minimum atomic E-state index is -4.92. The van der Waals surface area contributed by atoms with Crippen molar-refractivity contribution in [3.05, 3.63) is 34.4 Å². The van der Waals surface area contributed by atoms with Crippen LogP contribution in [0.4, 0.5) is 26.3 Å². The summed E-state index contributed by atoms with van der Waals surface area (Å²) in [4.78, 5) is 0. The lowest BCUT2D eigenvalue weighted by Gasteiger charge is -2.15. The zero-order valence-corrected chi connectivity index (χ0v) is 8.37. The number of nitrogens with zero attached hydrogens (tertiary/aromatic N) is 1. The highest BCUT2D eigenvalue weighted by Crippen LogP contribution is 2.38. The van der Waals surface area contributed by atoms with Crippen molar-refractivity contribution in [1.82, 2.24) is 0 Å². The number of halogens is 6. The van der Waals surface area contributed by atoms with Crippen LogP contribution >= 0.6 is 0 Å². The Kier molecular flexibility index (Phi) is 3.10. The number of alkyl halides is 6. The summed E-state index contributed by atoms with van der Waals surface area (Å²) in [5.41, 5.74) is -4.06. The topological polar surface area (TPSA) is 23.8 Å². The van der Waals surface area contributed by atoms with Crippen LogP contribution in [-0.4, -0.2) is 0 Å². The Morgan fingerprint density at radius 2 is 1.53 bits per heavy atom. The summed E-state index contributed by atoms with van der Waals surface area (Å²) in [6, 6.07) is 1.74. The SMILES string of the molecule is Cc1c(C#N)cc(C(F)(F)F)cc1C(F)(F)F. The molecule has 1 rings (SSSR count). The quantitative estimate of drug-likeness (QED) is 0.643. The summed E-state index contributed by atoms with van der Waals surface area (Å²) in [5, 5.41) is 8.51. The summed E-state index contributed by atoms with van der Waals surface area (Å²) < 4.78 is 74.4. The minimum absolute atomic E-state index is 0.0101. The van der Waals surface area contributed by atoms with Crippen LogP contribution < -0.4 is 0 Å². The lowest BCUT2D eigenvalue weighted by molar-refractivity contribution is -0.143. The minimum Gasteiger partial charge on any atom is -0.192 e. The van der Waals surface area contributed by atoms with E-state index >= 15 is 0 Å². The highest BCUT2D eigenvalue weighted by atomic mass is 19.4. The van der Waals surface area contributed by atoms with E-state index in [1.54, 1.807) is 0 Å². The predicted molar refractivity (Wildman–Crippen MR) is 45.9 cm³/mol. The zero-order valence-electron chi connectivity index (χ0n) is 8.37. The summed E-state index contributed by atoms with van der Waals surface area (Å²) in [6.07, 6.45) is -9.84. The molecule has 0 unspecified atom stereocenters. The Balaban J connectivity index is 3.58. The Labute approximate surface area is 92.3 Å². The summed E-state index contributed by atoms with van der Waals surface area (Å²) in [6.45, 7) is 0.960. The van der Waals surface area contributed by atoms with Gasteiger partial charge < -0.3 is 0 Å². The van der Waals surface area contributed by atoms with Gasteiger partial charge in [0.15, 0.2) is 0 Å². The molecule has 0 aromatic heterocycles. The van der Waals surface area contributed by atoms with E-state index in [2.05, 4.69) is 0 Å². The van der Waals surface area contributed by atoms with E-state index in [1.807, 2.05) is 0 Å². The number of rotatable bonds is 0. The van der Waals surface area contributed by atoms with Crippen LogP contribution in [0.3, 0.4) is 0 Å². The number of hydrogen-bond acceptors (Lipinski definition) is 1. The van der Waals surface area contributed by atoms with Gasteiger partial charge in [-0.1, -0.05) is 0 Å². The smallest absolute Gasteiger partial charge is 0.192 e. The highest BCUT2D eigenvalue weighted by Gasteiger charge is 2.38. The summed E-state index contributed by atoms with van der Waals surface area (Å²) >= 11 is 0. The first kappa shape index (κ1) is 13.4. The molecule has 0 N–H and O–H groups in total. The third-order valence-corrected chi connectivity index (χ3v) is 2.16. The molecular formula is C10H5F6N.